The van der Waals surface area contributed by atoms with E-state index in [4.69, 9.17) is 29.7 Å². The summed E-state index contributed by atoms with van der Waals surface area (Å²) in [4.78, 5) is 17.2. The number of esters is 1. The molecular formula is C48H54N4O7. The number of nitrogens with one attached hydrogen (secondary N) is 2. The van der Waals surface area contributed by atoms with E-state index in [1.807, 2.05) is 25.2 Å². The van der Waals surface area contributed by atoms with E-state index >= 15 is 0 Å². The molecular weight excluding hydrogens is 745 g/mol. The van der Waals surface area contributed by atoms with Crippen LogP contribution in [0.15, 0.2) is 48.5 Å². The van der Waals surface area contributed by atoms with Crippen LogP contribution in [-0.4, -0.2) is 67.2 Å². The molecule has 11 heteroatoms. The summed E-state index contributed by atoms with van der Waals surface area (Å²) in [7, 11) is 3.54. The Morgan fingerprint density at radius 2 is 1.88 bits per heavy atom. The third-order valence-electron chi connectivity index (χ3n) is 13.3. The monoisotopic (exact) mass is 798 g/mol. The second-order valence-electron chi connectivity index (χ2n) is 17.2. The molecule has 6 N–H and O–H groups in total. The number of carbonyl (C=O) groups is 1. The van der Waals surface area contributed by atoms with Crippen LogP contribution in [0.3, 0.4) is 0 Å². The smallest absolute Gasteiger partial charge is 0.302 e. The Morgan fingerprint density at radius 3 is 2.68 bits per heavy atom. The van der Waals surface area contributed by atoms with Gasteiger partial charge in [-0.2, -0.15) is 0 Å². The van der Waals surface area contributed by atoms with Crippen molar-refractivity contribution in [3.63, 3.8) is 0 Å². The minimum atomic E-state index is -0.599. The van der Waals surface area contributed by atoms with Crippen molar-refractivity contribution in [3.05, 3.63) is 87.6 Å². The average Bonchev–Trinajstić information content (AvgIpc) is 3.97. The first-order valence-corrected chi connectivity index (χ1v) is 21.2. The largest absolute Gasteiger partial charge is 0.508 e. The Labute approximate surface area is 346 Å². The number of phenols is 2. The number of aromatic hydroxyl groups is 2. The fourth-order valence-electron chi connectivity index (χ4n) is 10.7. The summed E-state index contributed by atoms with van der Waals surface area (Å²) < 4.78 is 25.8. The van der Waals surface area contributed by atoms with E-state index in [-0.39, 0.29) is 47.9 Å². The maximum atomic E-state index is 12.5. The van der Waals surface area contributed by atoms with Crippen molar-refractivity contribution in [2.75, 3.05) is 39.6 Å². The molecule has 3 aromatic carbocycles. The fraction of sp³-hybridized carbons (Fsp3) is 0.458. The molecule has 9 rings (SSSR count). The lowest BCUT2D eigenvalue weighted by Gasteiger charge is -2.39. The zero-order valence-corrected chi connectivity index (χ0v) is 34.2. The summed E-state index contributed by atoms with van der Waals surface area (Å²) in [6.45, 7) is 2.73. The van der Waals surface area contributed by atoms with Crippen molar-refractivity contribution in [2.24, 2.45) is 5.92 Å². The molecule has 59 heavy (non-hydrogen) atoms. The summed E-state index contributed by atoms with van der Waals surface area (Å²) in [5.41, 5.74) is 14.4. The molecule has 0 radical (unpaired) electrons. The Kier molecular flexibility index (Phi) is 10.6. The number of hydrogen-bond donors (Lipinski definition) is 5. The second kappa shape index (κ2) is 16.0. The third kappa shape index (κ3) is 7.42. The van der Waals surface area contributed by atoms with Crippen molar-refractivity contribution in [3.8, 4) is 51.7 Å². The van der Waals surface area contributed by atoms with Gasteiger partial charge < -0.3 is 45.5 Å². The number of pyridine rings is 1. The summed E-state index contributed by atoms with van der Waals surface area (Å²) in [6, 6.07) is 15.8. The number of phenolic OH excluding ortho intramolecular Hbond substituents is 2. The van der Waals surface area contributed by atoms with Crippen molar-refractivity contribution in [2.45, 2.75) is 101 Å². The number of aromatic nitrogens is 1. The number of nitrogen functional groups attached to an aromatic ring is 1. The molecule has 0 saturated heterocycles. The minimum Gasteiger partial charge on any atom is -0.508 e. The van der Waals surface area contributed by atoms with Crippen LogP contribution in [-0.2, 0) is 34.2 Å². The summed E-state index contributed by atoms with van der Waals surface area (Å²) >= 11 is 0. The molecule has 5 aliphatic rings. The first kappa shape index (κ1) is 39.0. The standard InChI is InChI=1S/C48H54N4O7/c1-27(53)57-26-38-35-12-13-36-44-31(18-33(54)20-42(44)56-3)23-48-16-15-28(22-48)17-30-11-14-43(49)52-39(30)10-6-7-29-19-40(55)41(21-37(29)46(38)59-47(35)45(36)48)58-34(24-50-2)25-51-32-8-4-5-9-32/h11-14,18-21,28,32,34,38,46,50-51,54-55H,4-5,7-9,15-17,22-26H2,1-3H3,(H2,49,52)/t28-,34-,38+,46-,48-/m1/s1. The number of likely N-dealkylation sites (N-methyl/N-ethyl adjacent to an activating group) is 1. The third-order valence-corrected chi connectivity index (χ3v) is 13.3. The van der Waals surface area contributed by atoms with E-state index in [0.717, 1.165) is 88.8 Å². The summed E-state index contributed by atoms with van der Waals surface area (Å²) in [5.74, 6) is 8.68. The Hall–Kier alpha value is -5.44. The van der Waals surface area contributed by atoms with Gasteiger partial charge in [0, 0.05) is 66.2 Å². The van der Waals surface area contributed by atoms with E-state index in [1.165, 1.54) is 19.8 Å². The molecule has 11 nitrogen and oxygen atoms in total. The van der Waals surface area contributed by atoms with Gasteiger partial charge >= 0.3 is 5.97 Å². The Morgan fingerprint density at radius 1 is 1.03 bits per heavy atom. The van der Waals surface area contributed by atoms with Gasteiger partial charge in [-0.1, -0.05) is 37.0 Å². The lowest BCUT2D eigenvalue weighted by Crippen LogP contribution is -2.41. The lowest BCUT2D eigenvalue weighted by atomic mass is 9.65. The predicted octanol–water partition coefficient (Wildman–Crippen LogP) is 6.77. The molecule has 2 fully saturated rings. The molecule has 0 amide bonds. The highest BCUT2D eigenvalue weighted by molar-refractivity contribution is 5.84. The van der Waals surface area contributed by atoms with Crippen LogP contribution in [0.2, 0.25) is 0 Å². The number of anilines is 1. The average molecular weight is 799 g/mol. The predicted molar refractivity (Wildman–Crippen MR) is 225 cm³/mol. The van der Waals surface area contributed by atoms with Crippen LogP contribution in [0.4, 0.5) is 5.82 Å². The first-order chi connectivity index (χ1) is 28.6. The molecule has 0 unspecified atom stereocenters. The second-order valence-corrected chi connectivity index (χ2v) is 17.2. The van der Waals surface area contributed by atoms with E-state index in [2.05, 4.69) is 40.7 Å². The van der Waals surface area contributed by atoms with Crippen LogP contribution < -0.4 is 30.6 Å². The number of benzene rings is 3. The van der Waals surface area contributed by atoms with Crippen LogP contribution in [0.5, 0.6) is 28.7 Å². The molecule has 2 saturated carbocycles. The fourth-order valence-corrected chi connectivity index (χ4v) is 10.7. The van der Waals surface area contributed by atoms with Gasteiger partial charge in [0.05, 0.1) is 13.0 Å². The number of fused-ring (bicyclic) bond motifs is 7. The molecule has 1 spiro atoms. The molecule has 3 heterocycles. The van der Waals surface area contributed by atoms with Crippen molar-refractivity contribution in [1.82, 2.24) is 15.6 Å². The van der Waals surface area contributed by atoms with E-state index in [9.17, 15) is 15.0 Å². The molecule has 1 aromatic heterocycles. The van der Waals surface area contributed by atoms with Gasteiger partial charge in [0.1, 0.15) is 47.6 Å². The van der Waals surface area contributed by atoms with Gasteiger partial charge in [-0.25, -0.2) is 4.98 Å². The van der Waals surface area contributed by atoms with Crippen LogP contribution in [0.25, 0.3) is 11.1 Å². The number of nitrogens with two attached hydrogens (primary N) is 1. The van der Waals surface area contributed by atoms with Gasteiger partial charge in [0.15, 0.2) is 11.5 Å². The van der Waals surface area contributed by atoms with Gasteiger partial charge in [0.25, 0.3) is 0 Å². The number of rotatable bonds is 10. The van der Waals surface area contributed by atoms with Gasteiger partial charge in [-0.15, -0.1) is 0 Å². The van der Waals surface area contributed by atoms with Crippen LogP contribution in [0, 0.1) is 17.8 Å². The van der Waals surface area contributed by atoms with Gasteiger partial charge in [0.2, 0.25) is 0 Å². The van der Waals surface area contributed by atoms with E-state index < -0.39 is 6.10 Å². The molecule has 3 aliphatic carbocycles. The molecule has 4 bridgehead atoms. The van der Waals surface area contributed by atoms with E-state index in [0.29, 0.717) is 54.5 Å². The van der Waals surface area contributed by atoms with Gasteiger partial charge in [-0.05, 0) is 110 Å². The number of methoxy groups -OCH3 is 1. The van der Waals surface area contributed by atoms with Crippen molar-refractivity contribution in [1.29, 1.82) is 0 Å². The summed E-state index contributed by atoms with van der Waals surface area (Å²) in [5, 5.41) is 29.5. The maximum Gasteiger partial charge on any atom is 0.302 e. The molecule has 308 valence electrons. The summed E-state index contributed by atoms with van der Waals surface area (Å²) in [6.07, 6.45) is 8.47. The first-order valence-electron chi connectivity index (χ1n) is 21.2. The molecule has 5 atom stereocenters. The minimum absolute atomic E-state index is 0.0147. The normalized spacial score (nSPS) is 23.0. The van der Waals surface area contributed by atoms with Crippen LogP contribution in [0.1, 0.15) is 103 Å². The topological polar surface area (TPSA) is 157 Å². The van der Waals surface area contributed by atoms with E-state index in [1.54, 1.807) is 19.2 Å². The SMILES string of the molecule is CNC[C@H](CNC1CCCC1)Oc1cc2c(cc1O)CC#Cc1nc(N)ccc1C[C@H]1CC[C@]3(Cc4cc(O)cc(OC)c4-c4ccc5c(c43)O[C@H]2[C@H]5COC(C)=O)C1. The highest BCUT2D eigenvalue weighted by Crippen LogP contribution is 2.62. The quantitative estimate of drug-likeness (QED) is 0.0852. The van der Waals surface area contributed by atoms with Crippen molar-refractivity contribution < 1.29 is 34.0 Å². The number of carbonyl (C=O) groups excluding carboxylic acids is 1. The highest BCUT2D eigenvalue weighted by Gasteiger charge is 2.51. The zero-order valence-electron chi connectivity index (χ0n) is 34.2. The maximum absolute atomic E-state index is 12.5. The van der Waals surface area contributed by atoms with Gasteiger partial charge in [-0.3, -0.25) is 4.79 Å². The number of ether oxygens (including phenoxy) is 4. The Bertz CT molecular complexity index is 2350. The zero-order chi connectivity index (χ0) is 40.8. The molecule has 2 aliphatic heterocycles. The number of hydrogen-bond acceptors (Lipinski definition) is 11. The number of nitrogens with zero attached hydrogens (tertiary/aromatic N) is 1. The molecule has 4 aromatic rings. The highest BCUT2D eigenvalue weighted by atomic mass is 16.5. The lowest BCUT2D eigenvalue weighted by molar-refractivity contribution is -0.141. The van der Waals surface area contributed by atoms with Crippen molar-refractivity contribution >= 4 is 11.8 Å². The Balaban J connectivity index is 1.22. The van der Waals surface area contributed by atoms with Crippen LogP contribution >= 0.6 is 0 Å².